The fraction of sp³-hybridized carbons (Fsp3) is 0.143. The maximum atomic E-state index is 13.1. The van der Waals surface area contributed by atoms with Gasteiger partial charge in [-0.05, 0) is 37.3 Å². The lowest BCUT2D eigenvalue weighted by atomic mass is 10.1. The molecule has 29 heavy (non-hydrogen) atoms. The molecule has 0 bridgehead atoms. The predicted molar refractivity (Wildman–Crippen MR) is 104 cm³/mol. The fourth-order valence-corrected chi connectivity index (χ4v) is 2.85. The van der Waals surface area contributed by atoms with E-state index in [4.69, 9.17) is 9.15 Å². The molecule has 1 N–H and O–H groups in total. The zero-order valence-corrected chi connectivity index (χ0v) is 15.6. The molecule has 0 atom stereocenters. The van der Waals surface area contributed by atoms with Crippen LogP contribution in [0.25, 0.3) is 11.0 Å². The van der Waals surface area contributed by atoms with Gasteiger partial charge < -0.3 is 14.5 Å². The minimum atomic E-state index is -2.78. The summed E-state index contributed by atoms with van der Waals surface area (Å²) in [5.41, 5.74) is 1.38. The summed E-state index contributed by atoms with van der Waals surface area (Å²) in [7, 11) is 1.73. The van der Waals surface area contributed by atoms with Crippen molar-refractivity contribution < 1.29 is 22.7 Å². The van der Waals surface area contributed by atoms with Crippen LogP contribution in [-0.4, -0.2) is 15.7 Å². The van der Waals surface area contributed by atoms with E-state index < -0.39 is 18.1 Å². The molecular formula is C21H17F2N3O3. The van der Waals surface area contributed by atoms with Crippen molar-refractivity contribution in [3.63, 3.8) is 0 Å². The van der Waals surface area contributed by atoms with Crippen molar-refractivity contribution in [3.05, 3.63) is 71.6 Å². The van der Waals surface area contributed by atoms with E-state index in [1.165, 1.54) is 18.2 Å². The highest BCUT2D eigenvalue weighted by Gasteiger charge is 2.20. The van der Waals surface area contributed by atoms with Crippen LogP contribution in [0.1, 0.15) is 28.1 Å². The summed E-state index contributed by atoms with van der Waals surface area (Å²) in [4.78, 5) is 12.7. The molecule has 0 saturated heterocycles. The number of hydrogen-bond donors (Lipinski definition) is 1. The molecule has 4 aromatic rings. The topological polar surface area (TPSA) is 69.3 Å². The third-order valence-corrected chi connectivity index (χ3v) is 4.30. The van der Waals surface area contributed by atoms with Gasteiger partial charge in [0.05, 0.1) is 5.39 Å². The van der Waals surface area contributed by atoms with E-state index in [-0.39, 0.29) is 16.9 Å². The SMILES string of the molecule is Cc1ccc(Oc2cc(C(=O)Nc3ccn(C)n3)cc3oc(C(F)F)cc23)cc1. The lowest BCUT2D eigenvalue weighted by molar-refractivity contribution is 0.102. The number of furan rings is 1. The highest BCUT2D eigenvalue weighted by Crippen LogP contribution is 2.36. The van der Waals surface area contributed by atoms with Gasteiger partial charge in [0, 0.05) is 24.9 Å². The molecule has 8 heteroatoms. The normalized spacial score (nSPS) is 11.2. The average Bonchev–Trinajstić information content (AvgIpc) is 3.29. The lowest BCUT2D eigenvalue weighted by Crippen LogP contribution is -2.12. The summed E-state index contributed by atoms with van der Waals surface area (Å²) in [6, 6.07) is 13.0. The Kier molecular flexibility index (Phi) is 4.75. The van der Waals surface area contributed by atoms with Crippen molar-refractivity contribution in [3.8, 4) is 11.5 Å². The van der Waals surface area contributed by atoms with E-state index in [9.17, 15) is 13.6 Å². The van der Waals surface area contributed by atoms with Crippen molar-refractivity contribution >= 4 is 22.7 Å². The fourth-order valence-electron chi connectivity index (χ4n) is 2.85. The number of carbonyl (C=O) groups excluding carboxylic acids is 1. The number of nitrogens with zero attached hydrogens (tertiary/aromatic N) is 2. The maximum Gasteiger partial charge on any atom is 0.295 e. The molecule has 0 radical (unpaired) electrons. The number of anilines is 1. The number of carbonyl (C=O) groups is 1. The van der Waals surface area contributed by atoms with Crippen molar-refractivity contribution in [2.75, 3.05) is 5.32 Å². The molecule has 0 saturated carbocycles. The van der Waals surface area contributed by atoms with Gasteiger partial charge in [-0.3, -0.25) is 9.48 Å². The number of nitrogens with one attached hydrogen (secondary N) is 1. The molecule has 0 aliphatic heterocycles. The van der Waals surface area contributed by atoms with Gasteiger partial charge in [-0.15, -0.1) is 0 Å². The van der Waals surface area contributed by atoms with Crippen LogP contribution in [-0.2, 0) is 7.05 Å². The number of halogens is 2. The van der Waals surface area contributed by atoms with Crippen LogP contribution in [0.3, 0.4) is 0 Å². The first-order chi connectivity index (χ1) is 13.9. The number of aromatic nitrogens is 2. The van der Waals surface area contributed by atoms with Gasteiger partial charge in [0.1, 0.15) is 17.1 Å². The Balaban J connectivity index is 1.74. The zero-order chi connectivity index (χ0) is 20.5. The third kappa shape index (κ3) is 3.96. The van der Waals surface area contributed by atoms with Crippen LogP contribution < -0.4 is 10.1 Å². The smallest absolute Gasteiger partial charge is 0.295 e. The highest BCUT2D eigenvalue weighted by atomic mass is 19.3. The Morgan fingerprint density at radius 2 is 1.93 bits per heavy atom. The lowest BCUT2D eigenvalue weighted by Gasteiger charge is -2.09. The van der Waals surface area contributed by atoms with Crippen LogP contribution in [0, 0.1) is 6.92 Å². The summed E-state index contributed by atoms with van der Waals surface area (Å²) < 4.78 is 38.9. The largest absolute Gasteiger partial charge is 0.457 e. The quantitative estimate of drug-likeness (QED) is 0.486. The molecule has 0 unspecified atom stereocenters. The van der Waals surface area contributed by atoms with Crippen molar-refractivity contribution in [1.82, 2.24) is 9.78 Å². The Morgan fingerprint density at radius 1 is 1.17 bits per heavy atom. The number of benzene rings is 2. The number of aryl methyl sites for hydroxylation is 2. The second-order valence-electron chi connectivity index (χ2n) is 6.58. The van der Waals surface area contributed by atoms with Crippen molar-refractivity contribution in [1.29, 1.82) is 0 Å². The van der Waals surface area contributed by atoms with E-state index >= 15 is 0 Å². The monoisotopic (exact) mass is 397 g/mol. The molecule has 148 valence electrons. The number of hydrogen-bond acceptors (Lipinski definition) is 4. The van der Waals surface area contributed by atoms with Gasteiger partial charge in [0.2, 0.25) is 0 Å². The van der Waals surface area contributed by atoms with Gasteiger partial charge in [0.15, 0.2) is 11.6 Å². The van der Waals surface area contributed by atoms with Gasteiger partial charge >= 0.3 is 0 Å². The second-order valence-corrected chi connectivity index (χ2v) is 6.58. The molecular weight excluding hydrogens is 380 g/mol. The molecule has 2 aromatic carbocycles. The van der Waals surface area contributed by atoms with Gasteiger partial charge in [-0.25, -0.2) is 8.78 Å². The van der Waals surface area contributed by atoms with Crippen LogP contribution in [0.15, 0.2) is 59.1 Å². The predicted octanol–water partition coefficient (Wildman–Crippen LogP) is 5.46. The first-order valence-electron chi connectivity index (χ1n) is 8.80. The van der Waals surface area contributed by atoms with Crippen LogP contribution in [0.5, 0.6) is 11.5 Å². The summed E-state index contributed by atoms with van der Waals surface area (Å²) in [6.45, 7) is 1.94. The maximum absolute atomic E-state index is 13.1. The van der Waals surface area contributed by atoms with Gasteiger partial charge in [-0.1, -0.05) is 17.7 Å². The molecule has 0 aliphatic rings. The van der Waals surface area contributed by atoms with Crippen LogP contribution in [0.2, 0.25) is 0 Å². The molecule has 6 nitrogen and oxygen atoms in total. The Morgan fingerprint density at radius 3 is 2.59 bits per heavy atom. The first kappa shape index (κ1) is 18.7. The number of fused-ring (bicyclic) bond motifs is 1. The minimum absolute atomic E-state index is 0.135. The Bertz CT molecular complexity index is 1180. The summed E-state index contributed by atoms with van der Waals surface area (Å²) >= 11 is 0. The molecule has 0 fully saturated rings. The van der Waals surface area contributed by atoms with Crippen molar-refractivity contribution in [2.24, 2.45) is 7.05 Å². The second kappa shape index (κ2) is 7.38. The average molecular weight is 397 g/mol. The van der Waals surface area contributed by atoms with Crippen LogP contribution in [0.4, 0.5) is 14.6 Å². The van der Waals surface area contributed by atoms with Crippen molar-refractivity contribution in [2.45, 2.75) is 13.3 Å². The van der Waals surface area contributed by atoms with E-state index in [2.05, 4.69) is 10.4 Å². The Labute approximate surface area is 164 Å². The van der Waals surface area contributed by atoms with Gasteiger partial charge in [0.25, 0.3) is 12.3 Å². The number of ether oxygens (including phenoxy) is 1. The highest BCUT2D eigenvalue weighted by molar-refractivity contribution is 6.06. The molecule has 0 spiro atoms. The van der Waals surface area contributed by atoms with E-state index in [1.54, 1.807) is 36.1 Å². The molecule has 0 aliphatic carbocycles. The summed E-state index contributed by atoms with van der Waals surface area (Å²) in [5, 5.41) is 7.11. The Hall–Kier alpha value is -3.68. The molecule has 1 amide bonds. The molecule has 2 aromatic heterocycles. The molecule has 2 heterocycles. The molecule has 4 rings (SSSR count). The van der Waals surface area contributed by atoms with E-state index in [0.717, 1.165) is 5.56 Å². The van der Waals surface area contributed by atoms with E-state index in [1.807, 2.05) is 19.1 Å². The standard InChI is InChI=1S/C21H17F2N3O3/c1-12-3-5-14(6-4-12)28-16-9-13(21(27)24-19-7-8-26(2)25-19)10-17-15(16)11-18(29-17)20(22)23/h3-11,20H,1-2H3,(H,24,25,27). The van der Waals surface area contributed by atoms with E-state index in [0.29, 0.717) is 17.0 Å². The van der Waals surface area contributed by atoms with Crippen LogP contribution >= 0.6 is 0 Å². The number of alkyl halides is 2. The summed E-state index contributed by atoms with van der Waals surface area (Å²) in [6.07, 6.45) is -1.09. The zero-order valence-electron chi connectivity index (χ0n) is 15.6. The third-order valence-electron chi connectivity index (χ3n) is 4.30. The number of rotatable bonds is 5. The first-order valence-corrected chi connectivity index (χ1v) is 8.80. The minimum Gasteiger partial charge on any atom is -0.457 e. The van der Waals surface area contributed by atoms with Gasteiger partial charge in [-0.2, -0.15) is 5.10 Å². The number of amides is 1. The summed E-state index contributed by atoms with van der Waals surface area (Å²) in [5.74, 6) is 0.170.